The summed E-state index contributed by atoms with van der Waals surface area (Å²) in [5, 5.41) is 3.05. The predicted molar refractivity (Wildman–Crippen MR) is 109 cm³/mol. The lowest BCUT2D eigenvalue weighted by Crippen LogP contribution is -2.27. The van der Waals surface area contributed by atoms with Gasteiger partial charge in [0.05, 0.1) is 11.6 Å². The summed E-state index contributed by atoms with van der Waals surface area (Å²) in [6.45, 7) is 3.35. The van der Waals surface area contributed by atoms with E-state index < -0.39 is 0 Å². The predicted octanol–water partition coefficient (Wildman–Crippen LogP) is 4.09. The first-order valence-corrected chi connectivity index (χ1v) is 9.82. The number of rotatable bonds is 6. The molecule has 1 aromatic heterocycles. The lowest BCUT2D eigenvalue weighted by Gasteiger charge is -2.11. The largest absolute Gasteiger partial charge is 0.351 e. The van der Waals surface area contributed by atoms with E-state index in [0.29, 0.717) is 24.3 Å². The molecule has 0 aliphatic carbocycles. The maximum atomic E-state index is 12.8. The first-order chi connectivity index (χ1) is 13.7. The Hall–Kier alpha value is -3.14. The highest BCUT2D eigenvalue weighted by Gasteiger charge is 2.31. The summed E-state index contributed by atoms with van der Waals surface area (Å²) >= 11 is 0. The summed E-state index contributed by atoms with van der Waals surface area (Å²) in [4.78, 5) is 25.5. The number of benzene rings is 2. The molecule has 2 aromatic carbocycles. The molecule has 3 aromatic rings. The first kappa shape index (κ1) is 18.2. The molecule has 0 saturated carbocycles. The summed E-state index contributed by atoms with van der Waals surface area (Å²) < 4.78 is 2.00. The van der Waals surface area contributed by atoms with Gasteiger partial charge in [0.2, 0.25) is 11.7 Å². The van der Waals surface area contributed by atoms with Crippen molar-refractivity contribution >= 4 is 11.7 Å². The topological polar surface area (TPSA) is 51.1 Å². The van der Waals surface area contributed by atoms with Gasteiger partial charge in [0, 0.05) is 24.3 Å². The van der Waals surface area contributed by atoms with Crippen molar-refractivity contribution in [3.05, 3.63) is 94.8 Å². The number of nitrogens with one attached hydrogen (secondary N) is 1. The molecule has 4 heteroatoms. The van der Waals surface area contributed by atoms with Gasteiger partial charge in [0.25, 0.3) is 0 Å². The molecule has 0 fully saturated rings. The van der Waals surface area contributed by atoms with Gasteiger partial charge in [-0.05, 0) is 36.1 Å². The van der Waals surface area contributed by atoms with Gasteiger partial charge in [0.1, 0.15) is 0 Å². The van der Waals surface area contributed by atoms with E-state index in [4.69, 9.17) is 0 Å². The first-order valence-electron chi connectivity index (χ1n) is 9.82. The van der Waals surface area contributed by atoms with Gasteiger partial charge in [-0.3, -0.25) is 9.59 Å². The zero-order valence-corrected chi connectivity index (χ0v) is 16.0. The standard InChI is InChI=1S/C24H24N2O2/c1-2-17-8-10-18(11-9-17)16-25-24(28)20-14-15-26-21(20)12-13-22(26)23(27)19-6-4-3-5-7-19/h3-13,20H,2,14-16H2,1H3,(H,25,28). The average Bonchev–Trinajstić information content (AvgIpc) is 3.35. The molecule has 0 bridgehead atoms. The minimum atomic E-state index is -0.202. The number of ketones is 1. The van der Waals surface area contributed by atoms with Crippen LogP contribution < -0.4 is 5.32 Å². The molecule has 28 heavy (non-hydrogen) atoms. The van der Waals surface area contributed by atoms with E-state index >= 15 is 0 Å². The third-order valence-corrected chi connectivity index (χ3v) is 5.50. The van der Waals surface area contributed by atoms with Crippen LogP contribution in [0.4, 0.5) is 0 Å². The molecule has 1 N–H and O–H groups in total. The van der Waals surface area contributed by atoms with Crippen molar-refractivity contribution < 1.29 is 9.59 Å². The third-order valence-electron chi connectivity index (χ3n) is 5.50. The summed E-state index contributed by atoms with van der Waals surface area (Å²) in [5.41, 5.74) is 4.65. The van der Waals surface area contributed by atoms with Gasteiger partial charge in [0.15, 0.2) is 0 Å². The SMILES string of the molecule is CCc1ccc(CNC(=O)C2CCn3c(C(=O)c4ccccc4)ccc32)cc1. The van der Waals surface area contributed by atoms with E-state index in [-0.39, 0.29) is 17.6 Å². The third kappa shape index (κ3) is 3.50. The maximum Gasteiger partial charge on any atom is 0.229 e. The minimum Gasteiger partial charge on any atom is -0.351 e. The van der Waals surface area contributed by atoms with Gasteiger partial charge in [-0.25, -0.2) is 0 Å². The number of nitrogens with zero attached hydrogens (tertiary/aromatic N) is 1. The highest BCUT2D eigenvalue weighted by molar-refractivity contribution is 6.08. The van der Waals surface area contributed by atoms with Crippen LogP contribution in [0.3, 0.4) is 0 Å². The Labute approximate surface area is 165 Å². The van der Waals surface area contributed by atoms with Crippen LogP contribution in [0.1, 0.15) is 52.1 Å². The maximum absolute atomic E-state index is 12.8. The summed E-state index contributed by atoms with van der Waals surface area (Å²) in [6.07, 6.45) is 1.74. The van der Waals surface area contributed by atoms with Crippen LogP contribution >= 0.6 is 0 Å². The van der Waals surface area contributed by atoms with E-state index in [0.717, 1.165) is 24.1 Å². The van der Waals surface area contributed by atoms with E-state index in [1.807, 2.05) is 47.0 Å². The Morgan fingerprint density at radius 2 is 1.68 bits per heavy atom. The number of amides is 1. The summed E-state index contributed by atoms with van der Waals surface area (Å²) in [7, 11) is 0. The molecule has 4 rings (SSSR count). The summed E-state index contributed by atoms with van der Waals surface area (Å²) in [5.74, 6) is -0.175. The van der Waals surface area contributed by atoms with Crippen molar-refractivity contribution in [1.29, 1.82) is 0 Å². The van der Waals surface area contributed by atoms with Gasteiger partial charge in [-0.2, -0.15) is 0 Å². The Kier molecular flexibility index (Phi) is 5.11. The fourth-order valence-electron chi connectivity index (χ4n) is 3.85. The van der Waals surface area contributed by atoms with Crippen LogP contribution in [0.2, 0.25) is 0 Å². The molecule has 1 amide bonds. The molecular weight excluding hydrogens is 348 g/mol. The lowest BCUT2D eigenvalue weighted by molar-refractivity contribution is -0.122. The number of fused-ring (bicyclic) bond motifs is 1. The second kappa shape index (κ2) is 7.85. The van der Waals surface area contributed by atoms with E-state index in [2.05, 4.69) is 36.5 Å². The molecule has 1 aliphatic rings. The molecule has 1 atom stereocenters. The number of aryl methyl sites for hydroxylation is 1. The Morgan fingerprint density at radius 3 is 2.39 bits per heavy atom. The zero-order chi connectivity index (χ0) is 19.5. The van der Waals surface area contributed by atoms with Crippen LogP contribution in [0.25, 0.3) is 0 Å². The minimum absolute atomic E-state index is 0.00363. The molecule has 0 saturated heterocycles. The fourth-order valence-corrected chi connectivity index (χ4v) is 3.85. The van der Waals surface area contributed by atoms with Crippen LogP contribution in [0, 0.1) is 0 Å². The van der Waals surface area contributed by atoms with E-state index in [9.17, 15) is 9.59 Å². The molecular formula is C24H24N2O2. The quantitative estimate of drug-likeness (QED) is 0.663. The second-order valence-corrected chi connectivity index (χ2v) is 7.22. The normalized spacial score (nSPS) is 15.2. The van der Waals surface area contributed by atoms with Crippen molar-refractivity contribution in [3.8, 4) is 0 Å². The molecule has 1 unspecified atom stereocenters. The number of aromatic nitrogens is 1. The second-order valence-electron chi connectivity index (χ2n) is 7.22. The Morgan fingerprint density at radius 1 is 0.964 bits per heavy atom. The van der Waals surface area contributed by atoms with E-state index in [1.54, 1.807) is 0 Å². The molecule has 1 aliphatic heterocycles. The zero-order valence-electron chi connectivity index (χ0n) is 16.0. The monoisotopic (exact) mass is 372 g/mol. The van der Waals surface area contributed by atoms with Crippen molar-refractivity contribution in [1.82, 2.24) is 9.88 Å². The molecule has 4 nitrogen and oxygen atoms in total. The van der Waals surface area contributed by atoms with Crippen LogP contribution in [-0.2, 0) is 24.3 Å². The van der Waals surface area contributed by atoms with Crippen molar-refractivity contribution in [2.24, 2.45) is 0 Å². The van der Waals surface area contributed by atoms with Crippen molar-refractivity contribution in [2.75, 3.05) is 0 Å². The number of hydrogen-bond acceptors (Lipinski definition) is 2. The number of carbonyl (C=O) groups excluding carboxylic acids is 2. The molecule has 2 heterocycles. The van der Waals surface area contributed by atoms with Crippen LogP contribution in [0.5, 0.6) is 0 Å². The smallest absolute Gasteiger partial charge is 0.229 e. The van der Waals surface area contributed by atoms with Gasteiger partial charge < -0.3 is 9.88 Å². The Balaban J connectivity index is 1.45. The highest BCUT2D eigenvalue weighted by Crippen LogP contribution is 2.31. The van der Waals surface area contributed by atoms with Gasteiger partial charge in [-0.15, -0.1) is 0 Å². The van der Waals surface area contributed by atoms with E-state index in [1.165, 1.54) is 5.56 Å². The van der Waals surface area contributed by atoms with Gasteiger partial charge in [-0.1, -0.05) is 61.5 Å². The molecule has 0 radical (unpaired) electrons. The Bertz CT molecular complexity index is 987. The van der Waals surface area contributed by atoms with Crippen molar-refractivity contribution in [3.63, 3.8) is 0 Å². The van der Waals surface area contributed by atoms with Crippen molar-refractivity contribution in [2.45, 2.75) is 38.8 Å². The lowest BCUT2D eigenvalue weighted by atomic mass is 10.0. The molecule has 142 valence electrons. The van der Waals surface area contributed by atoms with Crippen LogP contribution in [-0.4, -0.2) is 16.3 Å². The summed E-state index contributed by atoms with van der Waals surface area (Å²) in [6, 6.07) is 21.4. The average molecular weight is 372 g/mol. The number of hydrogen-bond donors (Lipinski definition) is 1. The van der Waals surface area contributed by atoms with Crippen LogP contribution in [0.15, 0.2) is 66.7 Å². The fraction of sp³-hybridized carbons (Fsp3) is 0.250. The molecule has 0 spiro atoms. The highest BCUT2D eigenvalue weighted by atomic mass is 16.2. The van der Waals surface area contributed by atoms with Gasteiger partial charge >= 0.3 is 0 Å². The number of carbonyl (C=O) groups is 2.